The maximum atomic E-state index is 13.3. The van der Waals surface area contributed by atoms with Gasteiger partial charge in [0.2, 0.25) is 5.78 Å². The summed E-state index contributed by atoms with van der Waals surface area (Å²) in [6.45, 7) is -0.569. The van der Waals surface area contributed by atoms with E-state index in [0.717, 1.165) is 12.1 Å². The van der Waals surface area contributed by atoms with Crippen molar-refractivity contribution in [3.63, 3.8) is 0 Å². The summed E-state index contributed by atoms with van der Waals surface area (Å²) in [5, 5.41) is 0.375. The van der Waals surface area contributed by atoms with E-state index in [1.807, 2.05) is 0 Å². The molecule has 7 heteroatoms. The van der Waals surface area contributed by atoms with Crippen molar-refractivity contribution in [3.8, 4) is 5.75 Å². The molecule has 23 heavy (non-hydrogen) atoms. The summed E-state index contributed by atoms with van der Waals surface area (Å²) in [4.78, 5) is 24.0. The lowest BCUT2D eigenvalue weighted by Gasteiger charge is -2.09. The van der Waals surface area contributed by atoms with E-state index in [-0.39, 0.29) is 22.6 Å². The maximum absolute atomic E-state index is 13.3. The van der Waals surface area contributed by atoms with Gasteiger partial charge in [0, 0.05) is 10.7 Å². The fourth-order valence-corrected chi connectivity index (χ4v) is 2.08. The summed E-state index contributed by atoms with van der Waals surface area (Å²) >= 11 is 5.74. The van der Waals surface area contributed by atoms with E-state index in [1.54, 1.807) is 0 Å². The van der Waals surface area contributed by atoms with Crippen molar-refractivity contribution in [1.29, 1.82) is 0 Å². The van der Waals surface area contributed by atoms with Gasteiger partial charge >= 0.3 is 5.97 Å². The maximum Gasteiger partial charge on any atom is 0.340 e. The smallest absolute Gasteiger partial charge is 0.340 e. The van der Waals surface area contributed by atoms with E-state index >= 15 is 0 Å². The van der Waals surface area contributed by atoms with Gasteiger partial charge in [-0.2, -0.15) is 0 Å². The van der Waals surface area contributed by atoms with Gasteiger partial charge in [0.25, 0.3) is 0 Å². The van der Waals surface area contributed by atoms with E-state index in [9.17, 15) is 14.0 Å². The third-order valence-electron chi connectivity index (χ3n) is 3.03. The van der Waals surface area contributed by atoms with Crippen molar-refractivity contribution in [3.05, 3.63) is 58.4 Å². The second kappa shape index (κ2) is 7.11. The molecule has 0 aliphatic rings. The monoisotopic (exact) mass is 337 g/mol. The number of nitrogen functional groups attached to an aromatic ring is 1. The molecule has 2 aromatic rings. The Kier molecular flexibility index (Phi) is 5.18. The summed E-state index contributed by atoms with van der Waals surface area (Å²) in [5.41, 5.74) is 5.88. The number of ether oxygens (including phenoxy) is 2. The summed E-state index contributed by atoms with van der Waals surface area (Å²) < 4.78 is 23.2. The molecule has 0 saturated heterocycles. The van der Waals surface area contributed by atoms with Gasteiger partial charge in [-0.15, -0.1) is 0 Å². The van der Waals surface area contributed by atoms with Crippen LogP contribution in [0.2, 0.25) is 5.02 Å². The van der Waals surface area contributed by atoms with Crippen LogP contribution in [-0.2, 0) is 4.74 Å². The Labute approximate surface area is 136 Å². The Bertz CT molecular complexity index is 764. The molecule has 0 atom stereocenters. The van der Waals surface area contributed by atoms with Gasteiger partial charge in [0.15, 0.2) is 6.61 Å². The van der Waals surface area contributed by atoms with E-state index in [4.69, 9.17) is 26.8 Å². The topological polar surface area (TPSA) is 78.6 Å². The number of methoxy groups -OCH3 is 1. The van der Waals surface area contributed by atoms with Crippen molar-refractivity contribution < 1.29 is 23.5 Å². The third-order valence-corrected chi connectivity index (χ3v) is 3.26. The lowest BCUT2D eigenvalue weighted by Crippen LogP contribution is -2.16. The van der Waals surface area contributed by atoms with E-state index in [2.05, 4.69) is 0 Å². The Morgan fingerprint density at radius 2 is 1.91 bits per heavy atom. The number of benzene rings is 2. The normalized spacial score (nSPS) is 10.2. The molecule has 2 rings (SSSR count). The van der Waals surface area contributed by atoms with Crippen molar-refractivity contribution >= 4 is 29.0 Å². The van der Waals surface area contributed by atoms with Gasteiger partial charge in [0.05, 0.1) is 18.2 Å². The van der Waals surface area contributed by atoms with Crippen LogP contribution < -0.4 is 10.5 Å². The quantitative estimate of drug-likeness (QED) is 0.515. The average molecular weight is 338 g/mol. The number of halogens is 2. The first-order valence-electron chi connectivity index (χ1n) is 6.51. The number of esters is 1. The van der Waals surface area contributed by atoms with Crippen LogP contribution in [-0.4, -0.2) is 25.5 Å². The molecule has 0 amide bonds. The van der Waals surface area contributed by atoms with Gasteiger partial charge in [-0.25, -0.2) is 9.18 Å². The molecule has 0 aliphatic heterocycles. The molecule has 5 nitrogen and oxygen atoms in total. The molecular weight excluding hydrogens is 325 g/mol. The summed E-state index contributed by atoms with van der Waals surface area (Å²) in [6, 6.07) is 7.78. The molecule has 0 fully saturated rings. The number of ketones is 1. The standard InChI is InChI=1S/C16H13ClFNO4/c1-22-15-5-3-10(18)7-12(15)14(20)8-23-16(21)11-4-2-9(17)6-13(11)19/h2-7H,8,19H2,1H3. The predicted molar refractivity (Wildman–Crippen MR) is 83.4 cm³/mol. The Morgan fingerprint density at radius 1 is 1.17 bits per heavy atom. The highest BCUT2D eigenvalue weighted by molar-refractivity contribution is 6.31. The number of anilines is 1. The molecule has 0 saturated carbocycles. The number of hydrogen-bond acceptors (Lipinski definition) is 5. The van der Waals surface area contributed by atoms with Crippen LogP contribution in [0.3, 0.4) is 0 Å². The highest BCUT2D eigenvalue weighted by atomic mass is 35.5. The van der Waals surface area contributed by atoms with Crippen LogP contribution >= 0.6 is 11.6 Å². The lowest BCUT2D eigenvalue weighted by molar-refractivity contribution is 0.0475. The first kappa shape index (κ1) is 16.8. The number of rotatable bonds is 5. The molecule has 0 aromatic heterocycles. The van der Waals surface area contributed by atoms with Crippen LogP contribution in [0, 0.1) is 5.82 Å². The minimum absolute atomic E-state index is 0.00984. The molecule has 0 unspecified atom stereocenters. The van der Waals surface area contributed by atoms with E-state index in [1.165, 1.54) is 31.4 Å². The average Bonchev–Trinajstić information content (AvgIpc) is 2.52. The minimum Gasteiger partial charge on any atom is -0.496 e. The highest BCUT2D eigenvalue weighted by Gasteiger charge is 2.17. The van der Waals surface area contributed by atoms with E-state index < -0.39 is 24.2 Å². The molecule has 120 valence electrons. The van der Waals surface area contributed by atoms with Crippen LogP contribution in [0.25, 0.3) is 0 Å². The number of nitrogens with two attached hydrogens (primary N) is 1. The molecular formula is C16H13ClFNO4. The van der Waals surface area contributed by atoms with Crippen molar-refractivity contribution in [1.82, 2.24) is 0 Å². The molecule has 0 radical (unpaired) electrons. The molecule has 0 spiro atoms. The van der Waals surface area contributed by atoms with Crippen LogP contribution in [0.1, 0.15) is 20.7 Å². The van der Waals surface area contributed by atoms with Crippen molar-refractivity contribution in [2.45, 2.75) is 0 Å². The van der Waals surface area contributed by atoms with Crippen LogP contribution in [0.5, 0.6) is 5.75 Å². The second-order valence-electron chi connectivity index (χ2n) is 4.58. The van der Waals surface area contributed by atoms with Crippen LogP contribution in [0.4, 0.5) is 10.1 Å². The summed E-state index contributed by atoms with van der Waals surface area (Å²) in [7, 11) is 1.35. The fourth-order valence-electron chi connectivity index (χ4n) is 1.90. The van der Waals surface area contributed by atoms with Crippen LogP contribution in [0.15, 0.2) is 36.4 Å². The number of Topliss-reactive ketones (excluding diaryl/α,β-unsaturated/α-hetero) is 1. The molecule has 0 bridgehead atoms. The molecule has 0 heterocycles. The number of hydrogen-bond donors (Lipinski definition) is 1. The Balaban J connectivity index is 2.10. The Morgan fingerprint density at radius 3 is 2.57 bits per heavy atom. The summed E-state index contributed by atoms with van der Waals surface area (Å²) in [5.74, 6) is -1.77. The molecule has 0 aliphatic carbocycles. The van der Waals surface area contributed by atoms with Crippen molar-refractivity contribution in [2.24, 2.45) is 0 Å². The van der Waals surface area contributed by atoms with Gasteiger partial charge in [-0.3, -0.25) is 4.79 Å². The number of carbonyl (C=O) groups excluding carboxylic acids is 2. The third kappa shape index (κ3) is 3.98. The zero-order valence-corrected chi connectivity index (χ0v) is 12.9. The summed E-state index contributed by atoms with van der Waals surface area (Å²) in [6.07, 6.45) is 0. The van der Waals surface area contributed by atoms with Gasteiger partial charge in [0.1, 0.15) is 11.6 Å². The molecule has 2 aromatic carbocycles. The second-order valence-corrected chi connectivity index (χ2v) is 5.01. The highest BCUT2D eigenvalue weighted by Crippen LogP contribution is 2.21. The predicted octanol–water partition coefficient (Wildman–Crippen LogP) is 3.11. The van der Waals surface area contributed by atoms with Gasteiger partial charge < -0.3 is 15.2 Å². The SMILES string of the molecule is COc1ccc(F)cc1C(=O)COC(=O)c1ccc(Cl)cc1N. The first-order valence-corrected chi connectivity index (χ1v) is 6.89. The van der Waals surface area contributed by atoms with E-state index in [0.29, 0.717) is 5.02 Å². The van der Waals surface area contributed by atoms with Gasteiger partial charge in [-0.05, 0) is 36.4 Å². The minimum atomic E-state index is -0.775. The largest absolute Gasteiger partial charge is 0.496 e. The lowest BCUT2D eigenvalue weighted by atomic mass is 10.1. The Hall–Kier alpha value is -2.60. The van der Waals surface area contributed by atoms with Crippen molar-refractivity contribution in [2.75, 3.05) is 19.5 Å². The zero-order chi connectivity index (χ0) is 17.0. The molecule has 2 N–H and O–H groups in total. The number of carbonyl (C=O) groups is 2. The fraction of sp³-hybridized carbons (Fsp3) is 0.125. The van der Waals surface area contributed by atoms with Gasteiger partial charge in [-0.1, -0.05) is 11.6 Å². The zero-order valence-electron chi connectivity index (χ0n) is 12.1. The first-order chi connectivity index (χ1) is 10.9.